The number of nitrogens with one attached hydrogen (secondary N) is 1. The summed E-state index contributed by atoms with van der Waals surface area (Å²) in [7, 11) is -3.95. The molecule has 1 rings (SSSR count). The maximum absolute atomic E-state index is 12.0. The molecule has 0 heterocycles. The fourth-order valence-electron chi connectivity index (χ4n) is 1.31. The van der Waals surface area contributed by atoms with Gasteiger partial charge in [-0.2, -0.15) is 9.98 Å². The number of carboxylic acids is 1. The van der Waals surface area contributed by atoms with E-state index in [1.807, 2.05) is 10.8 Å². The van der Waals surface area contributed by atoms with Crippen molar-refractivity contribution in [1.29, 1.82) is 5.26 Å². The fourth-order valence-corrected chi connectivity index (χ4v) is 2.77. The third-order valence-electron chi connectivity index (χ3n) is 2.31. The van der Waals surface area contributed by atoms with Crippen LogP contribution in [0.15, 0.2) is 23.1 Å². The molecular formula is C11H12N2O4S. The van der Waals surface area contributed by atoms with Crippen LogP contribution in [0.5, 0.6) is 0 Å². The van der Waals surface area contributed by atoms with E-state index < -0.39 is 22.0 Å². The van der Waals surface area contributed by atoms with E-state index in [4.69, 9.17) is 10.4 Å². The lowest BCUT2D eigenvalue weighted by atomic mass is 10.2. The standard InChI is InChI=1S/C11H12N2O4S/c1-7-3-4-9(6-12)5-10(7)18(16,17)13-8(2)11(14)15/h3-5,8,13H,1-2H3,(H,14,15)/t8-/m1/s1. The predicted octanol–water partition coefficient (Wildman–Crippen LogP) is 0.618. The first kappa shape index (κ1) is 14.2. The zero-order chi connectivity index (χ0) is 13.9. The maximum Gasteiger partial charge on any atom is 0.321 e. The normalized spacial score (nSPS) is 12.7. The van der Waals surface area contributed by atoms with Gasteiger partial charge in [-0.1, -0.05) is 6.07 Å². The average molecular weight is 268 g/mol. The molecule has 0 fully saturated rings. The molecule has 0 aliphatic rings. The first-order chi connectivity index (χ1) is 8.27. The van der Waals surface area contributed by atoms with E-state index in [0.29, 0.717) is 5.56 Å². The fraction of sp³-hybridized carbons (Fsp3) is 0.273. The summed E-state index contributed by atoms with van der Waals surface area (Å²) in [5.41, 5.74) is 0.642. The number of aryl methyl sites for hydroxylation is 1. The van der Waals surface area contributed by atoms with Gasteiger partial charge in [0.25, 0.3) is 0 Å². The van der Waals surface area contributed by atoms with Crippen LogP contribution in [0.3, 0.4) is 0 Å². The van der Waals surface area contributed by atoms with Gasteiger partial charge in [0.15, 0.2) is 0 Å². The Hall–Kier alpha value is -1.91. The number of nitrogens with zero attached hydrogens (tertiary/aromatic N) is 1. The lowest BCUT2D eigenvalue weighted by Crippen LogP contribution is -2.38. The minimum absolute atomic E-state index is 0.0883. The van der Waals surface area contributed by atoms with Crippen molar-refractivity contribution in [3.05, 3.63) is 29.3 Å². The van der Waals surface area contributed by atoms with Gasteiger partial charge < -0.3 is 5.11 Å². The number of rotatable bonds is 4. The molecule has 18 heavy (non-hydrogen) atoms. The Kier molecular flexibility index (Phi) is 4.06. The van der Waals surface area contributed by atoms with Gasteiger partial charge in [-0.3, -0.25) is 4.79 Å². The van der Waals surface area contributed by atoms with Gasteiger partial charge in [-0.15, -0.1) is 0 Å². The highest BCUT2D eigenvalue weighted by Crippen LogP contribution is 2.17. The van der Waals surface area contributed by atoms with Gasteiger partial charge in [0.2, 0.25) is 10.0 Å². The molecule has 0 saturated heterocycles. The Morgan fingerprint density at radius 3 is 2.61 bits per heavy atom. The molecule has 1 atom stereocenters. The molecule has 0 unspecified atom stereocenters. The van der Waals surface area contributed by atoms with Gasteiger partial charge in [0.1, 0.15) is 6.04 Å². The van der Waals surface area contributed by atoms with Crippen molar-refractivity contribution in [2.75, 3.05) is 0 Å². The summed E-state index contributed by atoms with van der Waals surface area (Å²) in [6.45, 7) is 2.80. The summed E-state index contributed by atoms with van der Waals surface area (Å²) >= 11 is 0. The molecule has 0 bridgehead atoms. The van der Waals surface area contributed by atoms with E-state index in [2.05, 4.69) is 0 Å². The molecule has 0 aliphatic carbocycles. The van der Waals surface area contributed by atoms with Gasteiger partial charge >= 0.3 is 5.97 Å². The quantitative estimate of drug-likeness (QED) is 0.832. The second-order valence-corrected chi connectivity index (χ2v) is 5.46. The predicted molar refractivity (Wildman–Crippen MR) is 63.3 cm³/mol. The van der Waals surface area contributed by atoms with Crippen molar-refractivity contribution in [3.63, 3.8) is 0 Å². The molecule has 2 N–H and O–H groups in total. The second-order valence-electron chi connectivity index (χ2n) is 3.77. The lowest BCUT2D eigenvalue weighted by molar-refractivity contribution is -0.138. The van der Waals surface area contributed by atoms with Crippen LogP contribution in [0.2, 0.25) is 0 Å². The Morgan fingerprint density at radius 1 is 1.50 bits per heavy atom. The highest BCUT2D eigenvalue weighted by atomic mass is 32.2. The molecular weight excluding hydrogens is 256 g/mol. The highest BCUT2D eigenvalue weighted by Gasteiger charge is 2.23. The van der Waals surface area contributed by atoms with Crippen LogP contribution in [0, 0.1) is 18.3 Å². The number of benzene rings is 1. The largest absolute Gasteiger partial charge is 0.480 e. The SMILES string of the molecule is Cc1ccc(C#N)cc1S(=O)(=O)N[C@H](C)C(=O)O. The Balaban J connectivity index is 3.21. The van der Waals surface area contributed by atoms with Crippen LogP contribution in [0.1, 0.15) is 18.1 Å². The first-order valence-electron chi connectivity index (χ1n) is 5.04. The van der Waals surface area contributed by atoms with Crippen molar-refractivity contribution < 1.29 is 18.3 Å². The van der Waals surface area contributed by atoms with E-state index in [0.717, 1.165) is 0 Å². The van der Waals surface area contributed by atoms with E-state index in [-0.39, 0.29) is 10.5 Å². The van der Waals surface area contributed by atoms with E-state index >= 15 is 0 Å². The summed E-state index contributed by atoms with van der Waals surface area (Å²) in [5.74, 6) is -1.27. The minimum Gasteiger partial charge on any atom is -0.480 e. The lowest BCUT2D eigenvalue weighted by Gasteiger charge is -2.12. The molecule has 6 nitrogen and oxygen atoms in total. The minimum atomic E-state index is -3.95. The summed E-state index contributed by atoms with van der Waals surface area (Å²) in [6, 6.07) is 4.81. The van der Waals surface area contributed by atoms with Crippen molar-refractivity contribution in [3.8, 4) is 6.07 Å². The van der Waals surface area contributed by atoms with Crippen molar-refractivity contribution in [2.45, 2.75) is 24.8 Å². The molecule has 0 radical (unpaired) electrons. The van der Waals surface area contributed by atoms with E-state index in [1.54, 1.807) is 6.92 Å². The molecule has 1 aromatic carbocycles. The topological polar surface area (TPSA) is 107 Å². The summed E-state index contributed by atoms with van der Waals surface area (Å²) in [4.78, 5) is 10.5. The zero-order valence-electron chi connectivity index (χ0n) is 9.84. The van der Waals surface area contributed by atoms with Crippen LogP contribution in [-0.2, 0) is 14.8 Å². The number of hydrogen-bond acceptors (Lipinski definition) is 4. The summed E-state index contributed by atoms with van der Waals surface area (Å²) in [6.07, 6.45) is 0. The molecule has 1 aromatic rings. The smallest absolute Gasteiger partial charge is 0.321 e. The first-order valence-corrected chi connectivity index (χ1v) is 6.52. The maximum atomic E-state index is 12.0. The Labute approximate surface area is 105 Å². The van der Waals surface area contributed by atoms with Crippen molar-refractivity contribution in [2.24, 2.45) is 0 Å². The average Bonchev–Trinajstić information content (AvgIpc) is 2.28. The van der Waals surface area contributed by atoms with Crippen molar-refractivity contribution in [1.82, 2.24) is 4.72 Å². The monoisotopic (exact) mass is 268 g/mol. The third kappa shape index (κ3) is 3.06. The van der Waals surface area contributed by atoms with Gasteiger partial charge in [-0.05, 0) is 31.5 Å². The van der Waals surface area contributed by atoms with Crippen LogP contribution >= 0.6 is 0 Å². The van der Waals surface area contributed by atoms with Crippen molar-refractivity contribution >= 4 is 16.0 Å². The Bertz CT molecular complexity index is 616. The van der Waals surface area contributed by atoms with Gasteiger partial charge in [-0.25, -0.2) is 8.42 Å². The van der Waals surface area contributed by atoms with Crippen LogP contribution in [0.4, 0.5) is 0 Å². The van der Waals surface area contributed by atoms with E-state index in [9.17, 15) is 13.2 Å². The number of sulfonamides is 1. The molecule has 0 aliphatic heterocycles. The molecule has 7 heteroatoms. The van der Waals surface area contributed by atoms with Crippen LogP contribution in [0.25, 0.3) is 0 Å². The Morgan fingerprint density at radius 2 is 2.11 bits per heavy atom. The number of carbonyl (C=O) groups is 1. The molecule has 0 spiro atoms. The molecule has 0 amide bonds. The van der Waals surface area contributed by atoms with E-state index in [1.165, 1.54) is 25.1 Å². The molecule has 0 aromatic heterocycles. The molecule has 96 valence electrons. The third-order valence-corrected chi connectivity index (χ3v) is 3.99. The molecule has 0 saturated carbocycles. The zero-order valence-corrected chi connectivity index (χ0v) is 10.7. The number of aliphatic carboxylic acids is 1. The second kappa shape index (κ2) is 5.16. The van der Waals surface area contributed by atoms with Gasteiger partial charge in [0.05, 0.1) is 16.5 Å². The number of nitriles is 1. The highest BCUT2D eigenvalue weighted by molar-refractivity contribution is 7.89. The van der Waals surface area contributed by atoms with Gasteiger partial charge in [0, 0.05) is 0 Å². The number of carboxylic acid groups (broad SMARTS) is 1. The van der Waals surface area contributed by atoms with Crippen LogP contribution in [-0.4, -0.2) is 25.5 Å². The summed E-state index contributed by atoms with van der Waals surface area (Å²) < 4.78 is 25.9. The number of hydrogen-bond donors (Lipinski definition) is 2. The van der Waals surface area contributed by atoms with Crippen LogP contribution < -0.4 is 4.72 Å². The summed E-state index contributed by atoms with van der Waals surface area (Å²) in [5, 5.41) is 17.4.